The third kappa shape index (κ3) is 4.95. The molecule has 0 spiro atoms. The molecule has 2 aliphatic heterocycles. The van der Waals surface area contributed by atoms with Crippen molar-refractivity contribution in [3.63, 3.8) is 0 Å². The van der Waals surface area contributed by atoms with E-state index < -0.39 is 15.3 Å². The Morgan fingerprint density at radius 3 is 2.59 bits per heavy atom. The van der Waals surface area contributed by atoms with E-state index in [0.717, 1.165) is 38.5 Å². The number of benzene rings is 1. The van der Waals surface area contributed by atoms with Crippen LogP contribution in [0.15, 0.2) is 28.0 Å². The van der Waals surface area contributed by atoms with Crippen LogP contribution >= 0.6 is 11.8 Å². The lowest BCUT2D eigenvalue weighted by atomic mass is 10.2. The van der Waals surface area contributed by atoms with Crippen LogP contribution in [0, 0.1) is 0 Å². The van der Waals surface area contributed by atoms with Gasteiger partial charge in [-0.1, -0.05) is 26.2 Å². The lowest BCUT2D eigenvalue weighted by Gasteiger charge is -2.29. The molecule has 2 amide bonds. The molecule has 0 aromatic heterocycles. The Kier molecular flexibility index (Phi) is 7.23. The largest absolute Gasteiger partial charge is 0.341 e. The normalized spacial score (nSPS) is 20.2. The van der Waals surface area contributed by atoms with Crippen LogP contribution < -0.4 is 5.32 Å². The number of fused-ring (bicyclic) bond motifs is 1. The highest BCUT2D eigenvalue weighted by molar-refractivity contribution is 8.01. The van der Waals surface area contributed by atoms with Gasteiger partial charge in [-0.15, -0.1) is 11.8 Å². The van der Waals surface area contributed by atoms with E-state index in [9.17, 15) is 18.0 Å². The van der Waals surface area contributed by atoms with Crippen molar-refractivity contribution in [3.8, 4) is 0 Å². The molecule has 9 heteroatoms. The molecular formula is C20H29N3O4S2. The monoisotopic (exact) mass is 439 g/mol. The van der Waals surface area contributed by atoms with E-state index in [2.05, 4.69) is 5.32 Å². The maximum atomic E-state index is 12.9. The Hall–Kier alpha value is -1.58. The van der Waals surface area contributed by atoms with Gasteiger partial charge in [0.15, 0.2) is 5.25 Å². The van der Waals surface area contributed by atoms with Gasteiger partial charge in [0.25, 0.3) is 0 Å². The number of likely N-dealkylation sites (tertiary alicyclic amines) is 1. The van der Waals surface area contributed by atoms with Crippen molar-refractivity contribution >= 4 is 39.3 Å². The number of anilines is 1. The molecule has 2 aliphatic rings. The molecule has 0 radical (unpaired) electrons. The predicted molar refractivity (Wildman–Crippen MR) is 114 cm³/mol. The maximum absolute atomic E-state index is 12.9. The van der Waals surface area contributed by atoms with Gasteiger partial charge in [-0.25, -0.2) is 12.7 Å². The van der Waals surface area contributed by atoms with Gasteiger partial charge in [0, 0.05) is 31.6 Å². The van der Waals surface area contributed by atoms with Crippen molar-refractivity contribution in [1.82, 2.24) is 9.21 Å². The molecule has 0 saturated carbocycles. The fourth-order valence-electron chi connectivity index (χ4n) is 3.55. The van der Waals surface area contributed by atoms with Gasteiger partial charge in [0.2, 0.25) is 21.8 Å². The van der Waals surface area contributed by atoms with Gasteiger partial charge in [0.1, 0.15) is 0 Å². The van der Waals surface area contributed by atoms with E-state index in [1.54, 1.807) is 24.1 Å². The zero-order valence-electron chi connectivity index (χ0n) is 17.0. The summed E-state index contributed by atoms with van der Waals surface area (Å²) in [5.74, 6) is -0.540. The van der Waals surface area contributed by atoms with Gasteiger partial charge in [-0.3, -0.25) is 9.59 Å². The Bertz CT molecular complexity index is 864. The summed E-state index contributed by atoms with van der Waals surface area (Å²) in [4.78, 5) is 28.2. The molecule has 29 heavy (non-hydrogen) atoms. The van der Waals surface area contributed by atoms with Crippen molar-refractivity contribution in [1.29, 1.82) is 0 Å². The van der Waals surface area contributed by atoms with Gasteiger partial charge in [-0.05, 0) is 37.5 Å². The van der Waals surface area contributed by atoms with Gasteiger partial charge in [-0.2, -0.15) is 0 Å². The van der Waals surface area contributed by atoms with E-state index in [0.29, 0.717) is 30.2 Å². The second-order valence-electron chi connectivity index (χ2n) is 7.56. The van der Waals surface area contributed by atoms with Gasteiger partial charge in [0.05, 0.1) is 10.6 Å². The quantitative estimate of drug-likeness (QED) is 0.689. The van der Waals surface area contributed by atoms with Crippen molar-refractivity contribution < 1.29 is 18.0 Å². The molecule has 1 atom stereocenters. The fraction of sp³-hybridized carbons (Fsp3) is 0.600. The zero-order chi connectivity index (χ0) is 21.0. The summed E-state index contributed by atoms with van der Waals surface area (Å²) in [7, 11) is -2.05. The molecule has 1 aromatic rings. The highest BCUT2D eigenvalue weighted by atomic mass is 32.2. The molecule has 160 valence electrons. The minimum atomic E-state index is -3.62. The Morgan fingerprint density at radius 1 is 1.24 bits per heavy atom. The molecule has 1 fully saturated rings. The second-order valence-corrected chi connectivity index (χ2v) is 10.8. The summed E-state index contributed by atoms with van der Waals surface area (Å²) in [5.41, 5.74) is 0.449. The highest BCUT2D eigenvalue weighted by Gasteiger charge is 2.36. The summed E-state index contributed by atoms with van der Waals surface area (Å²) in [6, 6.07) is 4.72. The van der Waals surface area contributed by atoms with Crippen LogP contribution in [0.1, 0.15) is 45.4 Å². The second kappa shape index (κ2) is 9.49. The lowest BCUT2D eigenvalue weighted by Crippen LogP contribution is -2.45. The summed E-state index contributed by atoms with van der Waals surface area (Å²) in [6.07, 6.45) is 5.85. The van der Waals surface area contributed by atoms with Crippen LogP contribution in [0.4, 0.5) is 5.69 Å². The predicted octanol–water partition coefficient (Wildman–Crippen LogP) is 2.92. The Balaban J connectivity index is 1.77. The zero-order valence-corrected chi connectivity index (χ0v) is 18.7. The topological polar surface area (TPSA) is 86.8 Å². The van der Waals surface area contributed by atoms with Crippen LogP contribution in [0.2, 0.25) is 0 Å². The summed E-state index contributed by atoms with van der Waals surface area (Å²) in [6.45, 7) is 3.84. The molecular weight excluding hydrogens is 410 g/mol. The van der Waals surface area contributed by atoms with E-state index in [4.69, 9.17) is 0 Å². The van der Waals surface area contributed by atoms with Crippen LogP contribution in [0.25, 0.3) is 0 Å². The number of carbonyl (C=O) groups excluding carboxylic acids is 2. The maximum Gasteiger partial charge on any atom is 0.247 e. The average molecular weight is 440 g/mol. The number of thioether (sulfide) groups is 1. The average Bonchev–Trinajstić information content (AvgIpc) is 3.00. The Labute approximate surface area is 177 Å². The first-order valence-corrected chi connectivity index (χ1v) is 12.5. The highest BCUT2D eigenvalue weighted by Crippen LogP contribution is 2.38. The molecule has 1 N–H and O–H groups in total. The first-order valence-electron chi connectivity index (χ1n) is 10.2. The number of unbranched alkanes of at least 4 members (excludes halogenated alkanes) is 1. The van der Waals surface area contributed by atoms with Crippen LogP contribution in [-0.4, -0.2) is 61.4 Å². The van der Waals surface area contributed by atoms with Crippen molar-refractivity contribution in [2.45, 2.75) is 60.5 Å². The Morgan fingerprint density at radius 2 is 1.93 bits per heavy atom. The number of sulfonamides is 1. The smallest absolute Gasteiger partial charge is 0.247 e. The fourth-order valence-corrected chi connectivity index (χ4v) is 5.84. The first kappa shape index (κ1) is 22.1. The summed E-state index contributed by atoms with van der Waals surface area (Å²) in [5, 5.41) is 1.93. The number of nitrogens with one attached hydrogen (secondary N) is 1. The standard InChI is InChI=1S/C20H29N3O4S2/c1-3-4-11-22(2)29(26,27)15-9-10-17-16(14-15)21-19(24)18(28-17)20(25)23-12-7-5-6-8-13-23/h9-10,14,18H,3-8,11-13H2,1-2H3,(H,21,24)/t18-/m1/s1. The van der Waals surface area contributed by atoms with Gasteiger partial charge >= 0.3 is 0 Å². The van der Waals surface area contributed by atoms with Crippen LogP contribution in [0.5, 0.6) is 0 Å². The number of carbonyl (C=O) groups is 2. The number of nitrogens with zero attached hydrogens (tertiary/aromatic N) is 2. The van der Waals surface area contributed by atoms with E-state index in [-0.39, 0.29) is 16.7 Å². The third-order valence-corrected chi connectivity index (χ3v) is 8.48. The first-order chi connectivity index (χ1) is 13.8. The molecule has 0 aliphatic carbocycles. The van der Waals surface area contributed by atoms with Gasteiger partial charge < -0.3 is 10.2 Å². The third-order valence-electron chi connectivity index (χ3n) is 5.37. The number of amides is 2. The van der Waals surface area contributed by atoms with E-state index in [1.165, 1.54) is 22.1 Å². The SMILES string of the molecule is CCCCN(C)S(=O)(=O)c1ccc2c(c1)NC(=O)[C@H](C(=O)N1CCCCCC1)S2. The molecule has 2 heterocycles. The number of hydrogen-bond donors (Lipinski definition) is 1. The summed E-state index contributed by atoms with van der Waals surface area (Å²) < 4.78 is 26.9. The molecule has 1 aromatic carbocycles. The molecule has 1 saturated heterocycles. The van der Waals surface area contributed by atoms with Crippen LogP contribution in [0.3, 0.4) is 0 Å². The van der Waals surface area contributed by atoms with Crippen molar-refractivity contribution in [2.75, 3.05) is 32.0 Å². The minimum absolute atomic E-state index is 0.146. The van der Waals surface area contributed by atoms with E-state index in [1.807, 2.05) is 6.92 Å². The summed E-state index contributed by atoms with van der Waals surface area (Å²) >= 11 is 1.20. The number of hydrogen-bond acceptors (Lipinski definition) is 5. The molecule has 3 rings (SSSR count). The van der Waals surface area contributed by atoms with Crippen molar-refractivity contribution in [2.24, 2.45) is 0 Å². The molecule has 7 nitrogen and oxygen atoms in total. The minimum Gasteiger partial charge on any atom is -0.341 e. The number of rotatable bonds is 6. The molecule has 0 unspecified atom stereocenters. The van der Waals surface area contributed by atoms with Crippen molar-refractivity contribution in [3.05, 3.63) is 18.2 Å². The lowest BCUT2D eigenvalue weighted by molar-refractivity contribution is -0.133. The molecule has 0 bridgehead atoms. The van der Waals surface area contributed by atoms with Crippen LogP contribution in [-0.2, 0) is 19.6 Å². The van der Waals surface area contributed by atoms with E-state index >= 15 is 0 Å².